The standard InChI is InChI=1S/C41H25N5/c1-42-29-24-25-37-33(26-29)32-20-10-13-23-36(32)46(37)41-40(45-34-21-11-8-18-30(34)31-19-9-12-22-35(31)45)43-38(27-14-4-2-5-15-27)39(44-41)28-16-6-3-7-17-28/h2-26H. The summed E-state index contributed by atoms with van der Waals surface area (Å²) in [6.45, 7) is 7.70. The van der Waals surface area contributed by atoms with Gasteiger partial charge in [-0.05, 0) is 35.7 Å². The Labute approximate surface area is 265 Å². The molecule has 0 aliphatic rings. The number of hydrogen-bond acceptors (Lipinski definition) is 2. The summed E-state index contributed by atoms with van der Waals surface area (Å²) in [5, 5.41) is 4.38. The third-order valence-corrected chi connectivity index (χ3v) is 8.74. The van der Waals surface area contributed by atoms with Crippen molar-refractivity contribution in [3.63, 3.8) is 0 Å². The lowest BCUT2D eigenvalue weighted by Gasteiger charge is -2.19. The first-order chi connectivity index (χ1) is 22.8. The van der Waals surface area contributed by atoms with Gasteiger partial charge in [-0.2, -0.15) is 0 Å². The second-order valence-corrected chi connectivity index (χ2v) is 11.3. The van der Waals surface area contributed by atoms with Crippen molar-refractivity contribution >= 4 is 49.3 Å². The molecular weight excluding hydrogens is 562 g/mol. The Balaban J connectivity index is 1.50. The van der Waals surface area contributed by atoms with Crippen LogP contribution in [0.3, 0.4) is 0 Å². The van der Waals surface area contributed by atoms with E-state index in [2.05, 4.69) is 105 Å². The highest BCUT2D eigenvalue weighted by molar-refractivity contribution is 6.12. The molecule has 0 aliphatic carbocycles. The second-order valence-electron chi connectivity index (χ2n) is 11.3. The Morgan fingerprint density at radius 1 is 0.413 bits per heavy atom. The highest BCUT2D eigenvalue weighted by atomic mass is 15.2. The first kappa shape index (κ1) is 25.9. The van der Waals surface area contributed by atoms with Crippen LogP contribution in [0.5, 0.6) is 0 Å². The van der Waals surface area contributed by atoms with E-state index in [1.54, 1.807) is 0 Å². The number of hydrogen-bond donors (Lipinski definition) is 0. The molecule has 0 unspecified atom stereocenters. The molecule has 0 aliphatic heterocycles. The smallest absolute Gasteiger partial charge is 0.188 e. The summed E-state index contributed by atoms with van der Waals surface area (Å²) in [4.78, 5) is 14.9. The lowest BCUT2D eigenvalue weighted by atomic mass is 10.0. The predicted molar refractivity (Wildman–Crippen MR) is 188 cm³/mol. The summed E-state index contributed by atoms with van der Waals surface area (Å²) < 4.78 is 4.47. The number of nitrogens with zero attached hydrogens (tertiary/aromatic N) is 5. The third-order valence-electron chi connectivity index (χ3n) is 8.74. The van der Waals surface area contributed by atoms with Crippen LogP contribution in [0.25, 0.3) is 82.6 Å². The number of aromatic nitrogens is 4. The van der Waals surface area contributed by atoms with E-state index >= 15 is 0 Å². The van der Waals surface area contributed by atoms with Crippen LogP contribution in [0.15, 0.2) is 152 Å². The quantitative estimate of drug-likeness (QED) is 0.192. The Bertz CT molecular complexity index is 2590. The van der Waals surface area contributed by atoms with Gasteiger partial charge in [0.15, 0.2) is 17.3 Å². The normalized spacial score (nSPS) is 11.5. The molecule has 5 heteroatoms. The average Bonchev–Trinajstić information content (AvgIpc) is 3.64. The summed E-state index contributed by atoms with van der Waals surface area (Å²) in [6, 6.07) is 51.8. The Hall–Kier alpha value is -6.51. The lowest BCUT2D eigenvalue weighted by molar-refractivity contribution is 0.975. The van der Waals surface area contributed by atoms with Crippen LogP contribution in [0.1, 0.15) is 0 Å². The summed E-state index contributed by atoms with van der Waals surface area (Å²) >= 11 is 0. The second kappa shape index (κ2) is 10.3. The molecule has 0 atom stereocenters. The van der Waals surface area contributed by atoms with Crippen molar-refractivity contribution in [3.8, 4) is 34.2 Å². The monoisotopic (exact) mass is 587 g/mol. The van der Waals surface area contributed by atoms with Crippen molar-refractivity contribution in [2.75, 3.05) is 0 Å². The molecule has 6 aromatic carbocycles. The molecule has 9 aromatic rings. The molecule has 214 valence electrons. The first-order valence-corrected chi connectivity index (χ1v) is 15.2. The number of rotatable bonds is 4. The topological polar surface area (TPSA) is 40.0 Å². The van der Waals surface area contributed by atoms with E-state index in [1.807, 2.05) is 60.7 Å². The van der Waals surface area contributed by atoms with Gasteiger partial charge >= 0.3 is 0 Å². The maximum atomic E-state index is 7.70. The van der Waals surface area contributed by atoms with Gasteiger partial charge in [0.2, 0.25) is 0 Å². The minimum absolute atomic E-state index is 0.605. The van der Waals surface area contributed by atoms with E-state index < -0.39 is 0 Å². The summed E-state index contributed by atoms with van der Waals surface area (Å²) in [7, 11) is 0. The lowest BCUT2D eigenvalue weighted by Crippen LogP contribution is -2.11. The van der Waals surface area contributed by atoms with Crippen molar-refractivity contribution in [1.82, 2.24) is 19.1 Å². The molecule has 0 N–H and O–H groups in total. The van der Waals surface area contributed by atoms with E-state index in [4.69, 9.17) is 16.5 Å². The fourth-order valence-electron chi connectivity index (χ4n) is 6.72. The van der Waals surface area contributed by atoms with E-state index in [1.165, 1.54) is 0 Å². The zero-order chi connectivity index (χ0) is 30.6. The van der Waals surface area contributed by atoms with E-state index in [0.29, 0.717) is 11.5 Å². The van der Waals surface area contributed by atoms with Gasteiger partial charge in [-0.25, -0.2) is 14.8 Å². The number of para-hydroxylation sites is 3. The van der Waals surface area contributed by atoms with Gasteiger partial charge in [0.05, 0.1) is 40.0 Å². The van der Waals surface area contributed by atoms with Gasteiger partial charge < -0.3 is 0 Å². The SMILES string of the molecule is [C-]#[N+]c1ccc2c(c1)c1ccccc1n2-c1nc(-c2ccccc2)c(-c2ccccc2)nc1-n1c2ccccc2c2ccccc21. The first-order valence-electron chi connectivity index (χ1n) is 15.2. The Morgan fingerprint density at radius 3 is 1.26 bits per heavy atom. The van der Waals surface area contributed by atoms with Gasteiger partial charge in [-0.1, -0.05) is 121 Å². The van der Waals surface area contributed by atoms with E-state index in [-0.39, 0.29) is 0 Å². The van der Waals surface area contributed by atoms with Crippen molar-refractivity contribution in [1.29, 1.82) is 0 Å². The zero-order valence-electron chi connectivity index (χ0n) is 24.7. The maximum absolute atomic E-state index is 7.70. The molecule has 0 fully saturated rings. The van der Waals surface area contributed by atoms with Crippen LogP contribution in [-0.4, -0.2) is 19.1 Å². The molecule has 0 bridgehead atoms. The van der Waals surface area contributed by atoms with Crippen LogP contribution < -0.4 is 0 Å². The van der Waals surface area contributed by atoms with Crippen LogP contribution in [0, 0.1) is 6.57 Å². The van der Waals surface area contributed by atoms with Gasteiger partial charge in [0.25, 0.3) is 0 Å². The van der Waals surface area contributed by atoms with Crippen LogP contribution in [0.2, 0.25) is 0 Å². The Kier molecular flexibility index (Phi) is 5.81. The van der Waals surface area contributed by atoms with Crippen LogP contribution in [-0.2, 0) is 0 Å². The summed E-state index contributed by atoms with van der Waals surface area (Å²) in [6.07, 6.45) is 0. The van der Waals surface area contributed by atoms with Gasteiger partial charge in [-0.3, -0.25) is 9.13 Å². The van der Waals surface area contributed by atoms with E-state index in [9.17, 15) is 0 Å². The van der Waals surface area contributed by atoms with Crippen LogP contribution in [0.4, 0.5) is 5.69 Å². The third kappa shape index (κ3) is 3.88. The molecule has 9 rings (SSSR count). The molecule has 0 spiro atoms. The number of benzene rings is 6. The van der Waals surface area contributed by atoms with Gasteiger partial charge in [0.1, 0.15) is 0 Å². The fourth-order valence-corrected chi connectivity index (χ4v) is 6.72. The van der Waals surface area contributed by atoms with Crippen molar-refractivity contribution in [2.45, 2.75) is 0 Å². The molecule has 3 heterocycles. The zero-order valence-corrected chi connectivity index (χ0v) is 24.7. The Morgan fingerprint density at radius 2 is 0.804 bits per heavy atom. The molecule has 46 heavy (non-hydrogen) atoms. The molecule has 3 aromatic heterocycles. The molecule has 5 nitrogen and oxygen atoms in total. The van der Waals surface area contributed by atoms with Crippen molar-refractivity contribution < 1.29 is 0 Å². The van der Waals surface area contributed by atoms with E-state index in [0.717, 1.165) is 71.9 Å². The summed E-state index contributed by atoms with van der Waals surface area (Å²) in [5.74, 6) is 1.44. The highest BCUT2D eigenvalue weighted by Crippen LogP contribution is 2.40. The summed E-state index contributed by atoms with van der Waals surface area (Å²) in [5.41, 5.74) is 8.28. The molecule has 0 amide bonds. The number of fused-ring (bicyclic) bond motifs is 6. The molecule has 0 saturated carbocycles. The molecule has 0 saturated heterocycles. The minimum atomic E-state index is 0.605. The predicted octanol–water partition coefficient (Wildman–Crippen LogP) is 10.6. The van der Waals surface area contributed by atoms with Crippen molar-refractivity contribution in [3.05, 3.63) is 163 Å². The molecular formula is C41H25N5. The van der Waals surface area contributed by atoms with Gasteiger partial charge in [0, 0.05) is 27.3 Å². The largest absolute Gasteiger partial charge is 0.291 e. The molecule has 0 radical (unpaired) electrons. The fraction of sp³-hybridized carbons (Fsp3) is 0. The van der Waals surface area contributed by atoms with Crippen molar-refractivity contribution in [2.24, 2.45) is 0 Å². The highest BCUT2D eigenvalue weighted by Gasteiger charge is 2.25. The van der Waals surface area contributed by atoms with Crippen LogP contribution >= 0.6 is 0 Å². The minimum Gasteiger partial charge on any atom is -0.291 e. The van der Waals surface area contributed by atoms with Gasteiger partial charge in [-0.15, -0.1) is 0 Å². The average molecular weight is 588 g/mol. The maximum Gasteiger partial charge on any atom is 0.188 e.